The third-order valence-corrected chi connectivity index (χ3v) is 6.72. The lowest BCUT2D eigenvalue weighted by atomic mass is 10.1. The van der Waals surface area contributed by atoms with Gasteiger partial charge in [0.2, 0.25) is 0 Å². The van der Waals surface area contributed by atoms with Crippen LogP contribution in [0.25, 0.3) is 0 Å². The molecule has 0 fully saturated rings. The van der Waals surface area contributed by atoms with Crippen molar-refractivity contribution in [3.05, 3.63) is 64.7 Å². The molecule has 0 aliphatic carbocycles. The van der Waals surface area contributed by atoms with E-state index in [0.717, 1.165) is 22.0 Å². The maximum atomic E-state index is 12.7. The second-order valence-corrected chi connectivity index (χ2v) is 9.38. The minimum absolute atomic E-state index is 0.103. The molecule has 0 radical (unpaired) electrons. The average molecular weight is 416 g/mol. The van der Waals surface area contributed by atoms with Crippen molar-refractivity contribution in [1.82, 2.24) is 14.5 Å². The molecule has 0 unspecified atom stereocenters. The maximum Gasteiger partial charge on any atom is 0.269 e. The van der Waals surface area contributed by atoms with Gasteiger partial charge in [0.1, 0.15) is 4.90 Å². The predicted molar refractivity (Wildman–Crippen MR) is 110 cm³/mol. The van der Waals surface area contributed by atoms with Crippen LogP contribution in [0.1, 0.15) is 45.7 Å². The highest BCUT2D eigenvalue weighted by atomic mass is 32.2. The van der Waals surface area contributed by atoms with Crippen LogP contribution in [0.2, 0.25) is 0 Å². The van der Waals surface area contributed by atoms with Crippen LogP contribution in [0.3, 0.4) is 0 Å². The van der Waals surface area contributed by atoms with Crippen LogP contribution in [0, 0.1) is 0 Å². The van der Waals surface area contributed by atoms with Crippen LogP contribution in [0.4, 0.5) is 0 Å². The number of hydrogen-bond donors (Lipinski definition) is 1. The molecule has 0 saturated heterocycles. The first-order valence-electron chi connectivity index (χ1n) is 9.35. The zero-order valence-corrected chi connectivity index (χ0v) is 17.8. The Hall–Kier alpha value is -2.71. The number of amides is 2. The number of fused-ring (bicyclic) bond motifs is 1. The van der Waals surface area contributed by atoms with Crippen LogP contribution in [0.5, 0.6) is 0 Å². The fourth-order valence-corrected chi connectivity index (χ4v) is 5.19. The van der Waals surface area contributed by atoms with E-state index in [1.165, 1.54) is 18.2 Å². The van der Waals surface area contributed by atoms with E-state index in [-0.39, 0.29) is 16.0 Å². The van der Waals surface area contributed by atoms with Crippen molar-refractivity contribution < 1.29 is 18.0 Å². The van der Waals surface area contributed by atoms with E-state index in [4.69, 9.17) is 0 Å². The highest BCUT2D eigenvalue weighted by molar-refractivity contribution is 7.90. The summed E-state index contributed by atoms with van der Waals surface area (Å²) in [7, 11) is 0.00869. The molecule has 0 spiro atoms. The summed E-state index contributed by atoms with van der Waals surface area (Å²) in [6.45, 7) is 4.35. The second kappa shape index (κ2) is 7.96. The van der Waals surface area contributed by atoms with Crippen molar-refractivity contribution in [3.63, 3.8) is 0 Å². The van der Waals surface area contributed by atoms with Crippen molar-refractivity contribution in [2.75, 3.05) is 14.1 Å². The summed E-state index contributed by atoms with van der Waals surface area (Å²) in [4.78, 5) is 27.0. The Morgan fingerprint density at radius 3 is 2.38 bits per heavy atom. The van der Waals surface area contributed by atoms with Gasteiger partial charge in [-0.15, -0.1) is 0 Å². The lowest BCUT2D eigenvalue weighted by molar-refractivity contribution is 0.0845. The Morgan fingerprint density at radius 2 is 1.76 bits per heavy atom. The van der Waals surface area contributed by atoms with Crippen molar-refractivity contribution in [3.8, 4) is 0 Å². The number of nitrogens with one attached hydrogen (secondary N) is 1. The summed E-state index contributed by atoms with van der Waals surface area (Å²) in [6, 6.07) is 11.5. The first-order chi connectivity index (χ1) is 13.6. The molecule has 0 atom stereocenters. The second-order valence-electron chi connectivity index (χ2n) is 7.60. The number of nitrogens with zero attached hydrogens (tertiary/aromatic N) is 2. The van der Waals surface area contributed by atoms with Crippen LogP contribution < -0.4 is 5.32 Å². The van der Waals surface area contributed by atoms with E-state index in [0.29, 0.717) is 6.54 Å². The largest absolute Gasteiger partial charge is 0.348 e. The molecule has 0 saturated carbocycles. The SMILES string of the molecule is CC(C)N1C(=O)c2ccc(C(=O)NCc3ccccc3CN(C)C)cc2S1(=O)=O. The molecule has 1 heterocycles. The van der Waals surface area contributed by atoms with Gasteiger partial charge in [-0.2, -0.15) is 0 Å². The van der Waals surface area contributed by atoms with Crippen molar-refractivity contribution >= 4 is 21.8 Å². The number of carbonyl (C=O) groups excluding carboxylic acids is 2. The summed E-state index contributed by atoms with van der Waals surface area (Å²) < 4.78 is 26.3. The summed E-state index contributed by atoms with van der Waals surface area (Å²) >= 11 is 0. The Kier molecular flexibility index (Phi) is 5.77. The molecular weight excluding hydrogens is 390 g/mol. The topological polar surface area (TPSA) is 86.8 Å². The third-order valence-electron chi connectivity index (χ3n) is 4.72. The van der Waals surface area contributed by atoms with Crippen molar-refractivity contribution in [2.24, 2.45) is 0 Å². The van der Waals surface area contributed by atoms with Gasteiger partial charge >= 0.3 is 0 Å². The van der Waals surface area contributed by atoms with E-state index in [1.54, 1.807) is 13.8 Å². The first-order valence-corrected chi connectivity index (χ1v) is 10.8. The molecule has 29 heavy (non-hydrogen) atoms. The van der Waals surface area contributed by atoms with Crippen LogP contribution in [-0.2, 0) is 23.1 Å². The van der Waals surface area contributed by atoms with Crippen LogP contribution in [0.15, 0.2) is 47.4 Å². The van der Waals surface area contributed by atoms with Crippen LogP contribution in [-0.4, -0.2) is 49.6 Å². The molecule has 1 aliphatic heterocycles. The van der Waals surface area contributed by atoms with Gasteiger partial charge < -0.3 is 10.2 Å². The quantitative estimate of drug-likeness (QED) is 0.782. The van der Waals surface area contributed by atoms with E-state index in [9.17, 15) is 18.0 Å². The number of rotatable bonds is 6. The average Bonchev–Trinajstić information content (AvgIpc) is 2.85. The summed E-state index contributed by atoms with van der Waals surface area (Å²) in [5.41, 5.74) is 2.40. The van der Waals surface area contributed by atoms with Gasteiger partial charge in [0, 0.05) is 24.7 Å². The molecule has 0 bridgehead atoms. The van der Waals surface area contributed by atoms with Gasteiger partial charge in [0.25, 0.3) is 21.8 Å². The van der Waals surface area contributed by atoms with E-state index in [2.05, 4.69) is 5.32 Å². The van der Waals surface area contributed by atoms with E-state index in [1.807, 2.05) is 43.3 Å². The molecule has 8 heteroatoms. The predicted octanol–water partition coefficient (Wildman–Crippen LogP) is 2.23. The highest BCUT2D eigenvalue weighted by Crippen LogP contribution is 2.32. The molecule has 154 valence electrons. The molecular formula is C21H25N3O4S. The Balaban J connectivity index is 1.82. The molecule has 2 amide bonds. The maximum absolute atomic E-state index is 12.7. The molecule has 0 aromatic heterocycles. The van der Waals surface area contributed by atoms with Crippen LogP contribution >= 0.6 is 0 Å². The highest BCUT2D eigenvalue weighted by Gasteiger charge is 2.42. The Morgan fingerprint density at radius 1 is 1.10 bits per heavy atom. The third kappa shape index (κ3) is 4.04. The summed E-state index contributed by atoms with van der Waals surface area (Å²) in [6.07, 6.45) is 0. The lowest BCUT2D eigenvalue weighted by Gasteiger charge is -2.18. The molecule has 2 aromatic carbocycles. The zero-order valence-electron chi connectivity index (χ0n) is 17.0. The fraction of sp³-hybridized carbons (Fsp3) is 0.333. The van der Waals surface area contributed by atoms with Gasteiger partial charge in [-0.05, 0) is 57.3 Å². The van der Waals surface area contributed by atoms with Gasteiger partial charge in [-0.1, -0.05) is 24.3 Å². The van der Waals surface area contributed by atoms with E-state index >= 15 is 0 Å². The fourth-order valence-electron chi connectivity index (χ4n) is 3.40. The monoisotopic (exact) mass is 415 g/mol. The molecule has 1 N–H and O–H groups in total. The summed E-state index contributed by atoms with van der Waals surface area (Å²) in [5.74, 6) is -0.947. The number of carbonyl (C=O) groups is 2. The number of hydrogen-bond acceptors (Lipinski definition) is 5. The summed E-state index contributed by atoms with van der Waals surface area (Å²) in [5, 5.41) is 2.84. The lowest BCUT2D eigenvalue weighted by Crippen LogP contribution is -2.36. The minimum Gasteiger partial charge on any atom is -0.348 e. The van der Waals surface area contributed by atoms with Crippen molar-refractivity contribution in [1.29, 1.82) is 0 Å². The minimum atomic E-state index is -3.94. The van der Waals surface area contributed by atoms with Gasteiger partial charge in [0.15, 0.2) is 0 Å². The van der Waals surface area contributed by atoms with Gasteiger partial charge in [0.05, 0.1) is 5.56 Å². The Labute approximate surface area is 171 Å². The molecule has 7 nitrogen and oxygen atoms in total. The van der Waals surface area contributed by atoms with Crippen molar-refractivity contribution in [2.45, 2.75) is 37.9 Å². The van der Waals surface area contributed by atoms with E-state index < -0.39 is 27.9 Å². The zero-order chi connectivity index (χ0) is 21.3. The van der Waals surface area contributed by atoms with Gasteiger partial charge in [-0.3, -0.25) is 9.59 Å². The normalized spacial score (nSPS) is 15.1. The molecule has 3 rings (SSSR count). The first kappa shape index (κ1) is 21.0. The Bertz CT molecular complexity index is 1060. The van der Waals surface area contributed by atoms with Gasteiger partial charge in [-0.25, -0.2) is 12.7 Å². The smallest absolute Gasteiger partial charge is 0.269 e. The number of benzene rings is 2. The number of sulfonamides is 1. The molecule has 2 aromatic rings. The molecule has 1 aliphatic rings. The standard InChI is InChI=1S/C21H25N3O4S/c1-14(2)24-21(26)18-10-9-15(11-19(18)29(24,27)28)20(25)22-12-16-7-5-6-8-17(16)13-23(3)4/h5-11,14H,12-13H2,1-4H3,(H,22,25).